The van der Waals surface area contributed by atoms with Crippen LogP contribution >= 0.6 is 0 Å². The molecule has 0 saturated carbocycles. The monoisotopic (exact) mass is 341 g/mol. The summed E-state index contributed by atoms with van der Waals surface area (Å²) in [6, 6.07) is 8.25. The van der Waals surface area contributed by atoms with E-state index in [9.17, 15) is 0 Å². The van der Waals surface area contributed by atoms with Gasteiger partial charge in [-0.3, -0.25) is 0 Å². The zero-order valence-corrected chi connectivity index (χ0v) is 14.4. The molecule has 0 atom stereocenters. The molecule has 0 bridgehead atoms. The Balaban J connectivity index is 1.59. The molecule has 0 spiro atoms. The number of benzene rings is 1. The third-order valence-electron chi connectivity index (χ3n) is 4.74. The van der Waals surface area contributed by atoms with Crippen LogP contribution < -0.4 is 25.0 Å². The number of anilines is 3. The third-order valence-corrected chi connectivity index (χ3v) is 4.74. The second-order valence-corrected chi connectivity index (χ2v) is 6.25. The molecule has 1 saturated heterocycles. The van der Waals surface area contributed by atoms with Crippen molar-refractivity contribution in [3.63, 3.8) is 0 Å². The summed E-state index contributed by atoms with van der Waals surface area (Å²) < 4.78 is 11.1. The summed E-state index contributed by atoms with van der Waals surface area (Å²) in [4.78, 5) is 11.3. The zero-order chi connectivity index (χ0) is 17.1. The standard InChI is InChI=1S/C18H23N5O2/c1-24-15-4-2-13(3-5-15)22-17-16-18(21-12-20-17)23(10-11-25-16)14-6-8-19-9-7-14/h2-5,12,14,19H,6-11H2,1H3,(H,20,21,22). The van der Waals surface area contributed by atoms with Crippen molar-refractivity contribution >= 4 is 17.3 Å². The van der Waals surface area contributed by atoms with Crippen LogP contribution in [-0.2, 0) is 0 Å². The maximum absolute atomic E-state index is 5.92. The molecule has 1 aromatic carbocycles. The number of hydrogen-bond donors (Lipinski definition) is 2. The van der Waals surface area contributed by atoms with E-state index < -0.39 is 0 Å². The van der Waals surface area contributed by atoms with Crippen molar-refractivity contribution < 1.29 is 9.47 Å². The van der Waals surface area contributed by atoms with E-state index in [1.807, 2.05) is 24.3 Å². The first-order valence-electron chi connectivity index (χ1n) is 8.71. The number of methoxy groups -OCH3 is 1. The highest BCUT2D eigenvalue weighted by molar-refractivity contribution is 5.71. The fraction of sp³-hybridized carbons (Fsp3) is 0.444. The first-order chi connectivity index (χ1) is 12.3. The Morgan fingerprint density at radius 1 is 1.20 bits per heavy atom. The van der Waals surface area contributed by atoms with Crippen molar-refractivity contribution in [3.05, 3.63) is 30.6 Å². The second-order valence-electron chi connectivity index (χ2n) is 6.25. The summed E-state index contributed by atoms with van der Waals surface area (Å²) in [6.45, 7) is 3.64. The number of hydrogen-bond acceptors (Lipinski definition) is 7. The van der Waals surface area contributed by atoms with Crippen LogP contribution in [0.2, 0.25) is 0 Å². The van der Waals surface area contributed by atoms with Crippen LogP contribution in [0.25, 0.3) is 0 Å². The molecular formula is C18H23N5O2. The number of fused-ring (bicyclic) bond motifs is 1. The van der Waals surface area contributed by atoms with Gasteiger partial charge in [0.2, 0.25) is 5.75 Å². The smallest absolute Gasteiger partial charge is 0.205 e. The highest BCUT2D eigenvalue weighted by Gasteiger charge is 2.29. The van der Waals surface area contributed by atoms with E-state index in [4.69, 9.17) is 9.47 Å². The molecular weight excluding hydrogens is 318 g/mol. The number of nitrogens with one attached hydrogen (secondary N) is 2. The Morgan fingerprint density at radius 2 is 2.00 bits per heavy atom. The van der Waals surface area contributed by atoms with E-state index in [1.54, 1.807) is 13.4 Å². The minimum Gasteiger partial charge on any atom is -0.497 e. The molecule has 2 N–H and O–H groups in total. The molecule has 25 heavy (non-hydrogen) atoms. The molecule has 0 radical (unpaired) electrons. The molecule has 7 heteroatoms. The first kappa shape index (κ1) is 16.0. The number of aromatic nitrogens is 2. The molecule has 2 aliphatic rings. The second kappa shape index (κ2) is 7.14. The molecule has 1 aromatic heterocycles. The van der Waals surface area contributed by atoms with Gasteiger partial charge in [0.15, 0.2) is 11.6 Å². The SMILES string of the molecule is COc1ccc(Nc2ncnc3c2OCCN3C2CCNCC2)cc1. The van der Waals surface area contributed by atoms with Crippen molar-refractivity contribution in [2.24, 2.45) is 0 Å². The van der Waals surface area contributed by atoms with Crippen molar-refractivity contribution in [1.29, 1.82) is 0 Å². The molecule has 2 aliphatic heterocycles. The molecule has 132 valence electrons. The highest BCUT2D eigenvalue weighted by Crippen LogP contribution is 2.38. The summed E-state index contributed by atoms with van der Waals surface area (Å²) in [5.41, 5.74) is 0.935. The van der Waals surface area contributed by atoms with Crippen LogP contribution in [0, 0.1) is 0 Å². The van der Waals surface area contributed by atoms with E-state index in [0.717, 1.165) is 55.5 Å². The lowest BCUT2D eigenvalue weighted by Gasteiger charge is -2.38. The Kier molecular flexibility index (Phi) is 4.56. The molecule has 0 aliphatic carbocycles. The lowest BCUT2D eigenvalue weighted by molar-refractivity contribution is 0.288. The summed E-state index contributed by atoms with van der Waals surface area (Å²) >= 11 is 0. The average Bonchev–Trinajstić information content (AvgIpc) is 2.69. The predicted molar refractivity (Wildman–Crippen MR) is 97.0 cm³/mol. The quantitative estimate of drug-likeness (QED) is 0.883. The van der Waals surface area contributed by atoms with E-state index in [1.165, 1.54) is 0 Å². The predicted octanol–water partition coefficient (Wildman–Crippen LogP) is 2.18. The number of ether oxygens (including phenoxy) is 2. The van der Waals surface area contributed by atoms with Crippen molar-refractivity contribution in [3.8, 4) is 11.5 Å². The van der Waals surface area contributed by atoms with Gasteiger partial charge in [0, 0.05) is 11.7 Å². The van der Waals surface area contributed by atoms with E-state index in [0.29, 0.717) is 18.5 Å². The van der Waals surface area contributed by atoms with Gasteiger partial charge in [-0.1, -0.05) is 0 Å². The van der Waals surface area contributed by atoms with Gasteiger partial charge in [-0.15, -0.1) is 0 Å². The molecule has 7 nitrogen and oxygen atoms in total. The molecule has 2 aromatic rings. The Labute approximate surface area is 147 Å². The van der Waals surface area contributed by atoms with Gasteiger partial charge in [-0.05, 0) is 50.2 Å². The maximum atomic E-state index is 5.92. The van der Waals surface area contributed by atoms with Crippen LogP contribution in [0.1, 0.15) is 12.8 Å². The third kappa shape index (κ3) is 3.32. The fourth-order valence-corrected chi connectivity index (χ4v) is 3.43. The number of piperidine rings is 1. The van der Waals surface area contributed by atoms with E-state index in [-0.39, 0.29) is 0 Å². The molecule has 4 rings (SSSR count). The Hall–Kier alpha value is -2.54. The minimum absolute atomic E-state index is 0.507. The molecule has 3 heterocycles. The van der Waals surface area contributed by atoms with Crippen LogP contribution in [0.5, 0.6) is 11.5 Å². The van der Waals surface area contributed by atoms with Crippen LogP contribution in [0.15, 0.2) is 30.6 Å². The van der Waals surface area contributed by atoms with Crippen LogP contribution in [0.4, 0.5) is 17.3 Å². The fourth-order valence-electron chi connectivity index (χ4n) is 3.43. The Morgan fingerprint density at radius 3 is 2.76 bits per heavy atom. The van der Waals surface area contributed by atoms with Crippen LogP contribution in [-0.4, -0.2) is 49.4 Å². The lowest BCUT2D eigenvalue weighted by atomic mass is 10.0. The van der Waals surface area contributed by atoms with Crippen LogP contribution in [0.3, 0.4) is 0 Å². The van der Waals surface area contributed by atoms with Gasteiger partial charge in [0.1, 0.15) is 18.7 Å². The maximum Gasteiger partial charge on any atom is 0.205 e. The largest absolute Gasteiger partial charge is 0.497 e. The van der Waals surface area contributed by atoms with E-state index in [2.05, 4.69) is 25.5 Å². The average molecular weight is 341 g/mol. The summed E-state index contributed by atoms with van der Waals surface area (Å²) in [6.07, 6.45) is 3.86. The van der Waals surface area contributed by atoms with Crippen molar-refractivity contribution in [2.75, 3.05) is 43.6 Å². The molecule has 0 unspecified atom stereocenters. The van der Waals surface area contributed by atoms with Gasteiger partial charge in [0.25, 0.3) is 0 Å². The van der Waals surface area contributed by atoms with E-state index >= 15 is 0 Å². The highest BCUT2D eigenvalue weighted by atomic mass is 16.5. The summed E-state index contributed by atoms with van der Waals surface area (Å²) in [5.74, 6) is 3.16. The molecule has 1 fully saturated rings. The van der Waals surface area contributed by atoms with Gasteiger partial charge < -0.3 is 25.0 Å². The molecule has 0 amide bonds. The van der Waals surface area contributed by atoms with Gasteiger partial charge in [-0.2, -0.15) is 0 Å². The summed E-state index contributed by atoms with van der Waals surface area (Å²) in [7, 11) is 1.66. The Bertz CT molecular complexity index is 716. The summed E-state index contributed by atoms with van der Waals surface area (Å²) in [5, 5.41) is 6.75. The van der Waals surface area contributed by atoms with Gasteiger partial charge in [-0.25, -0.2) is 9.97 Å². The van der Waals surface area contributed by atoms with Crippen molar-refractivity contribution in [2.45, 2.75) is 18.9 Å². The minimum atomic E-state index is 0.507. The first-order valence-corrected chi connectivity index (χ1v) is 8.71. The van der Waals surface area contributed by atoms with Gasteiger partial charge in [0.05, 0.1) is 13.7 Å². The number of rotatable bonds is 4. The topological polar surface area (TPSA) is 71.5 Å². The normalized spacial score (nSPS) is 17.6. The zero-order valence-electron chi connectivity index (χ0n) is 14.4. The van der Waals surface area contributed by atoms with Crippen molar-refractivity contribution in [1.82, 2.24) is 15.3 Å². The number of nitrogens with zero attached hydrogens (tertiary/aromatic N) is 3. The van der Waals surface area contributed by atoms with Gasteiger partial charge >= 0.3 is 0 Å². The lowest BCUT2D eigenvalue weighted by Crippen LogP contribution is -2.47.